The predicted octanol–water partition coefficient (Wildman–Crippen LogP) is 5.31. The van der Waals surface area contributed by atoms with Crippen LogP contribution in [0.1, 0.15) is 35.9 Å². The fourth-order valence-electron chi connectivity index (χ4n) is 3.54. The molecule has 0 unspecified atom stereocenters. The lowest BCUT2D eigenvalue weighted by molar-refractivity contribution is -0.111. The minimum atomic E-state index is -0.862. The first kappa shape index (κ1) is 26.8. The van der Waals surface area contributed by atoms with Crippen LogP contribution in [0.4, 0.5) is 21.9 Å². The Hall–Kier alpha value is -4.79. The Bertz CT molecular complexity index is 1300. The van der Waals surface area contributed by atoms with Crippen molar-refractivity contribution in [1.82, 2.24) is 0 Å². The van der Waals surface area contributed by atoms with Crippen molar-refractivity contribution in [3.8, 4) is 11.5 Å². The highest BCUT2D eigenvalue weighted by Gasteiger charge is 2.24. The summed E-state index contributed by atoms with van der Waals surface area (Å²) < 4.78 is 10.8. The topological polar surface area (TPSA) is 140 Å². The third-order valence-electron chi connectivity index (χ3n) is 5.55. The SMILES string of the molecule is COc1ccc([C@H](OC(=O)Nc2ccc(C(C)=O)cc2)[C@H](C)/C=C/C(=O)Nc2ccccc2N)cc1O. The van der Waals surface area contributed by atoms with E-state index in [-0.39, 0.29) is 17.3 Å². The van der Waals surface area contributed by atoms with Crippen LogP contribution in [0.25, 0.3) is 0 Å². The van der Waals surface area contributed by atoms with Crippen LogP contribution in [0.2, 0.25) is 0 Å². The van der Waals surface area contributed by atoms with Crippen LogP contribution in [0, 0.1) is 5.92 Å². The summed E-state index contributed by atoms with van der Waals surface area (Å²) in [5.74, 6) is -0.829. The zero-order chi connectivity index (χ0) is 26.9. The molecule has 2 atom stereocenters. The lowest BCUT2D eigenvalue weighted by Crippen LogP contribution is -2.21. The maximum atomic E-state index is 12.7. The molecule has 5 N–H and O–H groups in total. The minimum absolute atomic E-state index is 0.0897. The molecule has 9 nitrogen and oxygen atoms in total. The van der Waals surface area contributed by atoms with E-state index in [9.17, 15) is 19.5 Å². The van der Waals surface area contributed by atoms with Crippen molar-refractivity contribution in [2.24, 2.45) is 5.92 Å². The number of phenols is 1. The Morgan fingerprint density at radius 1 is 1.00 bits per heavy atom. The number of para-hydroxylation sites is 2. The number of phenolic OH excluding ortho intramolecular Hbond substituents is 1. The van der Waals surface area contributed by atoms with Gasteiger partial charge >= 0.3 is 6.09 Å². The summed E-state index contributed by atoms with van der Waals surface area (Å²) in [7, 11) is 1.43. The molecular weight excluding hydrogens is 474 g/mol. The Balaban J connectivity index is 1.78. The number of nitrogens with two attached hydrogens (primary N) is 1. The molecule has 0 radical (unpaired) electrons. The summed E-state index contributed by atoms with van der Waals surface area (Å²) in [5.41, 5.74) is 8.23. The molecule has 0 saturated heterocycles. The van der Waals surface area contributed by atoms with Crippen LogP contribution in [0.15, 0.2) is 78.9 Å². The second-order valence-electron chi connectivity index (χ2n) is 8.31. The van der Waals surface area contributed by atoms with Crippen molar-refractivity contribution in [2.75, 3.05) is 23.5 Å². The number of rotatable bonds is 9. The maximum Gasteiger partial charge on any atom is 0.412 e. The molecule has 0 heterocycles. The van der Waals surface area contributed by atoms with Gasteiger partial charge in [-0.25, -0.2) is 4.79 Å². The van der Waals surface area contributed by atoms with Gasteiger partial charge in [-0.05, 0) is 67.1 Å². The predicted molar refractivity (Wildman–Crippen MR) is 142 cm³/mol. The fourth-order valence-corrected chi connectivity index (χ4v) is 3.54. The first-order chi connectivity index (χ1) is 17.7. The van der Waals surface area contributed by atoms with Gasteiger partial charge in [0.05, 0.1) is 18.5 Å². The molecule has 9 heteroatoms. The van der Waals surface area contributed by atoms with Gasteiger partial charge in [0.1, 0.15) is 6.10 Å². The van der Waals surface area contributed by atoms with Crippen LogP contribution >= 0.6 is 0 Å². The first-order valence-corrected chi connectivity index (χ1v) is 11.5. The van der Waals surface area contributed by atoms with Gasteiger partial charge in [-0.3, -0.25) is 14.9 Å². The number of aromatic hydroxyl groups is 1. The molecule has 3 aromatic carbocycles. The van der Waals surface area contributed by atoms with Gasteiger partial charge in [-0.1, -0.05) is 31.2 Å². The first-order valence-electron chi connectivity index (χ1n) is 11.5. The summed E-state index contributed by atoms with van der Waals surface area (Å²) in [6.07, 6.45) is 1.31. The number of anilines is 3. The van der Waals surface area contributed by atoms with Crippen LogP contribution in [-0.4, -0.2) is 30.0 Å². The third-order valence-corrected chi connectivity index (χ3v) is 5.55. The van der Waals surface area contributed by atoms with Crippen LogP contribution in [0.3, 0.4) is 0 Å². The van der Waals surface area contributed by atoms with Crippen molar-refractivity contribution >= 4 is 34.8 Å². The zero-order valence-electron chi connectivity index (χ0n) is 20.7. The van der Waals surface area contributed by atoms with E-state index in [0.717, 1.165) is 0 Å². The van der Waals surface area contributed by atoms with Crippen molar-refractivity contribution in [3.63, 3.8) is 0 Å². The number of Topliss-reactive ketones (excluding diaryl/α,β-unsaturated/α-hetero) is 1. The molecule has 0 bridgehead atoms. The Morgan fingerprint density at radius 2 is 1.70 bits per heavy atom. The normalized spacial score (nSPS) is 12.4. The van der Waals surface area contributed by atoms with Gasteiger partial charge in [0.15, 0.2) is 17.3 Å². The number of benzene rings is 3. The molecule has 3 rings (SSSR count). The number of carbonyl (C=O) groups is 3. The molecule has 2 amide bonds. The van der Waals surface area contributed by atoms with Gasteiger partial charge in [-0.15, -0.1) is 0 Å². The van der Waals surface area contributed by atoms with E-state index in [4.69, 9.17) is 15.2 Å². The molecule has 0 aromatic heterocycles. The van der Waals surface area contributed by atoms with Gasteiger partial charge in [0, 0.05) is 17.2 Å². The monoisotopic (exact) mass is 503 g/mol. The number of amides is 2. The zero-order valence-corrected chi connectivity index (χ0v) is 20.7. The lowest BCUT2D eigenvalue weighted by Gasteiger charge is -2.23. The van der Waals surface area contributed by atoms with E-state index in [1.807, 2.05) is 0 Å². The minimum Gasteiger partial charge on any atom is -0.504 e. The quantitative estimate of drug-likeness (QED) is 0.176. The van der Waals surface area contributed by atoms with E-state index in [1.165, 1.54) is 26.2 Å². The van der Waals surface area contributed by atoms with Crippen LogP contribution < -0.4 is 21.1 Å². The van der Waals surface area contributed by atoms with Crippen molar-refractivity contribution < 1.29 is 29.0 Å². The van der Waals surface area contributed by atoms with E-state index in [1.54, 1.807) is 73.7 Å². The number of methoxy groups -OCH3 is 1. The molecule has 37 heavy (non-hydrogen) atoms. The summed E-state index contributed by atoms with van der Waals surface area (Å²) in [6.45, 7) is 3.22. The molecule has 0 aliphatic heterocycles. The second-order valence-corrected chi connectivity index (χ2v) is 8.31. The average Bonchev–Trinajstić information content (AvgIpc) is 2.87. The van der Waals surface area contributed by atoms with E-state index < -0.39 is 24.0 Å². The smallest absolute Gasteiger partial charge is 0.412 e. The number of hydrogen-bond donors (Lipinski definition) is 4. The third kappa shape index (κ3) is 7.35. The maximum absolute atomic E-state index is 12.7. The lowest BCUT2D eigenvalue weighted by atomic mass is 9.96. The van der Waals surface area contributed by atoms with Gasteiger partial charge in [0.25, 0.3) is 0 Å². The number of hydrogen-bond acceptors (Lipinski definition) is 7. The summed E-state index contributed by atoms with van der Waals surface area (Å²) >= 11 is 0. The van der Waals surface area contributed by atoms with Crippen molar-refractivity contribution in [2.45, 2.75) is 20.0 Å². The van der Waals surface area contributed by atoms with Gasteiger partial charge in [0.2, 0.25) is 5.91 Å². The fraction of sp³-hybridized carbons (Fsp3) is 0.179. The summed E-state index contributed by atoms with van der Waals surface area (Å²) in [6, 6.07) is 17.9. The number of carbonyl (C=O) groups excluding carboxylic acids is 3. The largest absolute Gasteiger partial charge is 0.504 e. The number of ketones is 1. The molecule has 192 valence electrons. The Morgan fingerprint density at radius 3 is 2.32 bits per heavy atom. The van der Waals surface area contributed by atoms with Crippen LogP contribution in [0.5, 0.6) is 11.5 Å². The average molecular weight is 504 g/mol. The molecule has 0 fully saturated rings. The molecule has 0 saturated carbocycles. The number of nitrogen functional groups attached to an aromatic ring is 1. The van der Waals surface area contributed by atoms with Gasteiger partial charge in [-0.2, -0.15) is 0 Å². The number of ether oxygens (including phenoxy) is 2. The Kier molecular flexibility index (Phi) is 8.88. The highest BCUT2D eigenvalue weighted by Crippen LogP contribution is 2.34. The van der Waals surface area contributed by atoms with E-state index >= 15 is 0 Å². The summed E-state index contributed by atoms with van der Waals surface area (Å²) in [4.78, 5) is 36.7. The molecular formula is C28H29N3O6. The van der Waals surface area contributed by atoms with Gasteiger partial charge < -0.3 is 25.6 Å². The highest BCUT2D eigenvalue weighted by molar-refractivity contribution is 6.01. The molecule has 0 spiro atoms. The van der Waals surface area contributed by atoms with E-state index in [2.05, 4.69) is 10.6 Å². The molecule has 3 aromatic rings. The molecule has 0 aliphatic rings. The standard InChI is InChI=1S/C28H29N3O6/c1-17(8-15-26(34)31-23-7-5-4-6-22(23)29)27(20-11-14-25(36-3)24(33)16-20)37-28(35)30-21-12-9-19(10-13-21)18(2)32/h4-17,27,33H,29H2,1-3H3,(H,30,35)(H,31,34)/b15-8+/t17-,27-/m1/s1. The summed E-state index contributed by atoms with van der Waals surface area (Å²) in [5, 5.41) is 15.6. The Labute approximate surface area is 214 Å². The second kappa shape index (κ2) is 12.3. The molecule has 0 aliphatic carbocycles. The number of nitrogens with one attached hydrogen (secondary N) is 2. The van der Waals surface area contributed by atoms with Crippen molar-refractivity contribution in [1.29, 1.82) is 0 Å². The van der Waals surface area contributed by atoms with E-state index in [0.29, 0.717) is 28.2 Å². The highest BCUT2D eigenvalue weighted by atomic mass is 16.6. The van der Waals surface area contributed by atoms with Crippen molar-refractivity contribution in [3.05, 3.63) is 90.0 Å². The van der Waals surface area contributed by atoms with Crippen LogP contribution in [-0.2, 0) is 9.53 Å².